The molecule has 0 aromatic carbocycles. The molecule has 0 saturated heterocycles. The molecule has 0 bridgehead atoms. The van der Waals surface area contributed by atoms with Crippen molar-refractivity contribution in [3.05, 3.63) is 18.0 Å². The molecule has 32 heavy (non-hydrogen) atoms. The summed E-state index contributed by atoms with van der Waals surface area (Å²) in [5.41, 5.74) is 7.88. The molecule has 2 heterocycles. The molecule has 0 spiro atoms. The Balaban J connectivity index is 1.48. The van der Waals surface area contributed by atoms with Crippen LogP contribution in [0.4, 0.5) is 17.3 Å². The van der Waals surface area contributed by atoms with Crippen molar-refractivity contribution in [2.24, 2.45) is 22.7 Å². The second-order valence-corrected chi connectivity index (χ2v) is 11.5. The van der Waals surface area contributed by atoms with E-state index in [1.54, 1.807) is 0 Å². The number of aromatic nitrogens is 2. The molecule has 178 valence electrons. The number of nitrogens with two attached hydrogens (primary N) is 1. The molecule has 3 N–H and O–H groups in total. The molecule has 1 aromatic rings. The van der Waals surface area contributed by atoms with Crippen LogP contribution in [0.3, 0.4) is 0 Å². The maximum Gasteiger partial charge on any atom is 0.159 e. The average Bonchev–Trinajstić information content (AvgIpc) is 3.08. The number of nitrogens with zero attached hydrogens (tertiary/aromatic N) is 4. The van der Waals surface area contributed by atoms with E-state index in [1.165, 1.54) is 24.7 Å². The largest absolute Gasteiger partial charge is 0.389 e. The summed E-state index contributed by atoms with van der Waals surface area (Å²) in [6.07, 6.45) is 11.6. The Morgan fingerprint density at radius 1 is 1.22 bits per heavy atom. The second kappa shape index (κ2) is 8.19. The van der Waals surface area contributed by atoms with Crippen LogP contribution in [0.15, 0.2) is 18.0 Å². The zero-order chi connectivity index (χ0) is 23.3. The van der Waals surface area contributed by atoms with E-state index in [0.29, 0.717) is 17.7 Å². The molecule has 2 aliphatic carbocycles. The normalized spacial score (nSPS) is 37.4. The molecule has 1 aromatic heterocycles. The van der Waals surface area contributed by atoms with Crippen molar-refractivity contribution in [1.82, 2.24) is 9.97 Å². The Kier molecular flexibility index (Phi) is 5.98. The number of hydrogen-bond donors (Lipinski definition) is 2. The number of fused-ring (bicyclic) bond motifs is 2. The van der Waals surface area contributed by atoms with E-state index in [2.05, 4.69) is 60.5 Å². The molecule has 5 atom stereocenters. The number of nitrogen functional groups attached to an aromatic ring is 1. The minimum absolute atomic E-state index is 0.0332. The zero-order valence-electron chi connectivity index (χ0n) is 21.0. The second-order valence-electron chi connectivity index (χ2n) is 11.5. The van der Waals surface area contributed by atoms with Crippen LogP contribution in [-0.4, -0.2) is 40.9 Å². The predicted octanol–water partition coefficient (Wildman–Crippen LogP) is 4.99. The van der Waals surface area contributed by atoms with Gasteiger partial charge < -0.3 is 20.6 Å². The molecule has 6 nitrogen and oxygen atoms in total. The highest BCUT2D eigenvalue weighted by Crippen LogP contribution is 2.65. The highest BCUT2D eigenvalue weighted by atomic mass is 16.3. The van der Waals surface area contributed by atoms with Gasteiger partial charge in [0.1, 0.15) is 12.0 Å². The number of anilines is 3. The highest BCUT2D eigenvalue weighted by molar-refractivity contribution is 5.81. The van der Waals surface area contributed by atoms with Gasteiger partial charge in [0.15, 0.2) is 11.6 Å². The number of allylic oxidation sites excluding steroid dienone is 1. The number of aliphatic hydroxyl groups is 1. The monoisotopic (exact) mass is 441 g/mol. The van der Waals surface area contributed by atoms with Crippen LogP contribution < -0.4 is 15.5 Å². The van der Waals surface area contributed by atoms with Crippen LogP contribution in [0.1, 0.15) is 79.6 Å². The smallest absolute Gasteiger partial charge is 0.159 e. The third kappa shape index (κ3) is 3.41. The highest BCUT2D eigenvalue weighted by Gasteiger charge is 2.64. The topological polar surface area (TPSA) is 78.5 Å². The summed E-state index contributed by atoms with van der Waals surface area (Å²) in [6.45, 7) is 13.3. The summed E-state index contributed by atoms with van der Waals surface area (Å²) in [7, 11) is 2.04. The van der Waals surface area contributed by atoms with E-state index in [9.17, 15) is 5.11 Å². The van der Waals surface area contributed by atoms with Crippen LogP contribution in [0.2, 0.25) is 0 Å². The summed E-state index contributed by atoms with van der Waals surface area (Å²) in [5, 5.41) is 12.2. The Labute approximate surface area is 194 Å². The van der Waals surface area contributed by atoms with Gasteiger partial charge in [0, 0.05) is 13.6 Å². The van der Waals surface area contributed by atoms with Crippen molar-refractivity contribution in [2.75, 3.05) is 35.8 Å². The van der Waals surface area contributed by atoms with Crippen LogP contribution >= 0.6 is 0 Å². The van der Waals surface area contributed by atoms with Crippen molar-refractivity contribution in [3.8, 4) is 0 Å². The fourth-order valence-electron chi connectivity index (χ4n) is 7.10. The quantitative estimate of drug-likeness (QED) is 0.627. The maximum atomic E-state index is 12.2. The van der Waals surface area contributed by atoms with Gasteiger partial charge in [-0.2, -0.15) is 0 Å². The molecular weight excluding hydrogens is 398 g/mol. The van der Waals surface area contributed by atoms with Gasteiger partial charge in [0.25, 0.3) is 0 Å². The summed E-state index contributed by atoms with van der Waals surface area (Å²) in [5.74, 6) is 2.57. The third-order valence-electron chi connectivity index (χ3n) is 9.93. The fraction of sp³-hybridized carbons (Fsp3) is 0.769. The van der Waals surface area contributed by atoms with Gasteiger partial charge >= 0.3 is 0 Å². The standard InChI is InChI=1S/C26H43N5O/c1-18(11-15-31-17-30(6)23-21(31)22(27)28-16-29-23)9-13-24(4)20(3)10-14-25(5)19(2)8-7-12-26(24,25)32/h11,16,19-20,32H,7-10,12-15,17H2,1-6H3,(H2,27,28,29). The zero-order valence-corrected chi connectivity index (χ0v) is 21.0. The summed E-state index contributed by atoms with van der Waals surface area (Å²) in [6, 6.07) is 0. The molecule has 3 aliphatic rings. The lowest BCUT2D eigenvalue weighted by molar-refractivity contribution is -0.247. The Morgan fingerprint density at radius 2 is 1.97 bits per heavy atom. The Hall–Kier alpha value is -1.82. The van der Waals surface area contributed by atoms with E-state index in [-0.39, 0.29) is 10.8 Å². The number of rotatable bonds is 5. The van der Waals surface area contributed by atoms with Gasteiger partial charge in [-0.3, -0.25) is 0 Å². The first-order valence-corrected chi connectivity index (χ1v) is 12.5. The van der Waals surface area contributed by atoms with E-state index >= 15 is 0 Å². The Bertz CT molecular complexity index is 887. The van der Waals surface area contributed by atoms with Gasteiger partial charge in [-0.25, -0.2) is 9.97 Å². The lowest BCUT2D eigenvalue weighted by atomic mass is 9.42. The number of hydrogen-bond acceptors (Lipinski definition) is 6. The van der Waals surface area contributed by atoms with Crippen molar-refractivity contribution < 1.29 is 5.11 Å². The van der Waals surface area contributed by atoms with Crippen LogP contribution in [-0.2, 0) is 0 Å². The first-order chi connectivity index (χ1) is 15.0. The van der Waals surface area contributed by atoms with Gasteiger partial charge in [-0.05, 0) is 68.1 Å². The minimum atomic E-state index is -0.571. The molecule has 2 fully saturated rings. The first-order valence-electron chi connectivity index (χ1n) is 12.5. The fourth-order valence-corrected chi connectivity index (χ4v) is 7.10. The SMILES string of the molecule is CC(=CCN1CN(C)c2ncnc(N)c21)CCC1(C)C(C)CCC2(C)C(C)CCCC12O. The predicted molar refractivity (Wildman–Crippen MR) is 133 cm³/mol. The van der Waals surface area contributed by atoms with Crippen molar-refractivity contribution >= 4 is 17.3 Å². The van der Waals surface area contributed by atoms with Gasteiger partial charge in [0.05, 0.1) is 12.3 Å². The third-order valence-corrected chi connectivity index (χ3v) is 9.93. The van der Waals surface area contributed by atoms with Crippen LogP contribution in [0.5, 0.6) is 0 Å². The molecule has 0 radical (unpaired) electrons. The van der Waals surface area contributed by atoms with Crippen molar-refractivity contribution in [1.29, 1.82) is 0 Å². The van der Waals surface area contributed by atoms with Gasteiger partial charge in [-0.15, -0.1) is 0 Å². The van der Waals surface area contributed by atoms with Crippen LogP contribution in [0, 0.1) is 22.7 Å². The lowest BCUT2D eigenvalue weighted by Crippen LogP contribution is -2.66. The lowest BCUT2D eigenvalue weighted by Gasteiger charge is -2.65. The molecule has 6 heteroatoms. The molecule has 2 saturated carbocycles. The van der Waals surface area contributed by atoms with Crippen molar-refractivity contribution in [3.63, 3.8) is 0 Å². The van der Waals surface area contributed by atoms with Crippen LogP contribution in [0.25, 0.3) is 0 Å². The first kappa shape index (κ1) is 23.3. The molecule has 1 aliphatic heterocycles. The molecule has 4 rings (SSSR count). The van der Waals surface area contributed by atoms with Crippen molar-refractivity contribution in [2.45, 2.75) is 85.2 Å². The Morgan fingerprint density at radius 3 is 2.72 bits per heavy atom. The summed E-state index contributed by atoms with van der Waals surface area (Å²) < 4.78 is 0. The molecule has 5 unspecified atom stereocenters. The van der Waals surface area contributed by atoms with E-state index < -0.39 is 5.60 Å². The van der Waals surface area contributed by atoms with Gasteiger partial charge in [-0.1, -0.05) is 45.8 Å². The molecular formula is C26H43N5O. The van der Waals surface area contributed by atoms with Gasteiger partial charge in [0.2, 0.25) is 0 Å². The maximum absolute atomic E-state index is 12.2. The summed E-state index contributed by atoms with van der Waals surface area (Å²) in [4.78, 5) is 12.9. The average molecular weight is 442 g/mol. The van der Waals surface area contributed by atoms with E-state index in [0.717, 1.165) is 56.8 Å². The summed E-state index contributed by atoms with van der Waals surface area (Å²) >= 11 is 0. The van der Waals surface area contributed by atoms with E-state index in [1.807, 2.05) is 7.05 Å². The molecule has 0 amide bonds. The minimum Gasteiger partial charge on any atom is -0.389 e. The van der Waals surface area contributed by atoms with E-state index in [4.69, 9.17) is 5.73 Å².